The Kier molecular flexibility index (Phi) is 4.13. The summed E-state index contributed by atoms with van der Waals surface area (Å²) in [6.45, 7) is 1.91. The second-order valence-corrected chi connectivity index (χ2v) is 4.66. The maximum atomic E-state index is 13.8. The summed E-state index contributed by atoms with van der Waals surface area (Å²) in [5.74, 6) is 0.446. The third-order valence-electron chi connectivity index (χ3n) is 3.50. The highest BCUT2D eigenvalue weighted by Gasteiger charge is 2.18. The normalized spacial score (nSPS) is 12.0. The van der Waals surface area contributed by atoms with Gasteiger partial charge in [-0.1, -0.05) is 12.1 Å². The van der Waals surface area contributed by atoms with E-state index in [0.29, 0.717) is 11.4 Å². The van der Waals surface area contributed by atoms with Crippen LogP contribution in [-0.2, 0) is 0 Å². The molecular formula is C16H18FNO2. The van der Waals surface area contributed by atoms with Gasteiger partial charge in [-0.2, -0.15) is 0 Å². The molecule has 0 fully saturated rings. The summed E-state index contributed by atoms with van der Waals surface area (Å²) in [6.07, 6.45) is 0. The van der Waals surface area contributed by atoms with Gasteiger partial charge in [0, 0.05) is 18.7 Å². The number of methoxy groups -OCH3 is 1. The van der Waals surface area contributed by atoms with Gasteiger partial charge in [-0.15, -0.1) is 0 Å². The zero-order valence-electron chi connectivity index (χ0n) is 11.8. The first-order valence-electron chi connectivity index (χ1n) is 6.39. The van der Waals surface area contributed by atoms with E-state index in [2.05, 4.69) is 0 Å². The number of ether oxygens (including phenoxy) is 1. The number of nitrogens with zero attached hydrogens (tertiary/aromatic N) is 1. The van der Waals surface area contributed by atoms with Crippen molar-refractivity contribution >= 4 is 5.69 Å². The number of phenolic OH excluding ortho intramolecular Hbond substituents is 1. The molecule has 2 aromatic carbocycles. The van der Waals surface area contributed by atoms with E-state index >= 15 is 0 Å². The first kappa shape index (κ1) is 14.2. The molecule has 0 aliphatic carbocycles. The van der Waals surface area contributed by atoms with Crippen LogP contribution in [0.5, 0.6) is 11.5 Å². The predicted molar refractivity (Wildman–Crippen MR) is 77.9 cm³/mol. The topological polar surface area (TPSA) is 32.7 Å². The number of hydrogen-bond donors (Lipinski definition) is 1. The van der Waals surface area contributed by atoms with Crippen molar-refractivity contribution in [1.29, 1.82) is 0 Å². The molecule has 3 nitrogen and oxygen atoms in total. The quantitative estimate of drug-likeness (QED) is 0.922. The molecule has 20 heavy (non-hydrogen) atoms. The molecular weight excluding hydrogens is 257 g/mol. The Hall–Kier alpha value is -2.23. The third kappa shape index (κ3) is 2.69. The number of aromatic hydroxyl groups is 1. The second-order valence-electron chi connectivity index (χ2n) is 4.66. The van der Waals surface area contributed by atoms with E-state index in [4.69, 9.17) is 4.74 Å². The van der Waals surface area contributed by atoms with E-state index in [-0.39, 0.29) is 17.6 Å². The van der Waals surface area contributed by atoms with E-state index in [0.717, 1.165) is 5.56 Å². The largest absolute Gasteiger partial charge is 0.507 e. The molecule has 1 unspecified atom stereocenters. The molecule has 106 valence electrons. The Morgan fingerprint density at radius 2 is 1.90 bits per heavy atom. The number of halogens is 1. The Balaban J connectivity index is 2.31. The van der Waals surface area contributed by atoms with E-state index in [1.54, 1.807) is 55.5 Å². The third-order valence-corrected chi connectivity index (χ3v) is 3.50. The molecule has 0 aliphatic heterocycles. The maximum Gasteiger partial charge on any atom is 0.146 e. The van der Waals surface area contributed by atoms with Crippen LogP contribution in [0.15, 0.2) is 42.5 Å². The lowest BCUT2D eigenvalue weighted by atomic mass is 10.0. The van der Waals surface area contributed by atoms with Crippen LogP contribution in [-0.4, -0.2) is 19.3 Å². The van der Waals surface area contributed by atoms with Crippen molar-refractivity contribution < 1.29 is 14.2 Å². The maximum absolute atomic E-state index is 13.8. The molecule has 0 radical (unpaired) electrons. The fourth-order valence-electron chi connectivity index (χ4n) is 2.16. The van der Waals surface area contributed by atoms with Crippen LogP contribution in [0.25, 0.3) is 0 Å². The van der Waals surface area contributed by atoms with Crippen molar-refractivity contribution in [2.45, 2.75) is 13.0 Å². The highest BCUT2D eigenvalue weighted by molar-refractivity contribution is 5.51. The average Bonchev–Trinajstić information content (AvgIpc) is 2.46. The van der Waals surface area contributed by atoms with Crippen molar-refractivity contribution in [2.75, 3.05) is 19.1 Å². The van der Waals surface area contributed by atoms with Crippen molar-refractivity contribution in [3.05, 3.63) is 53.8 Å². The summed E-state index contributed by atoms with van der Waals surface area (Å²) in [5, 5.41) is 10.1. The van der Waals surface area contributed by atoms with Gasteiger partial charge >= 0.3 is 0 Å². The Bertz CT molecular complexity index is 601. The van der Waals surface area contributed by atoms with Gasteiger partial charge < -0.3 is 14.7 Å². The molecule has 1 N–H and O–H groups in total. The summed E-state index contributed by atoms with van der Waals surface area (Å²) in [7, 11) is 3.34. The van der Waals surface area contributed by atoms with Crippen molar-refractivity contribution in [3.63, 3.8) is 0 Å². The summed E-state index contributed by atoms with van der Waals surface area (Å²) in [5.41, 5.74) is 1.21. The van der Waals surface area contributed by atoms with Gasteiger partial charge in [0.25, 0.3) is 0 Å². The molecule has 4 heteroatoms. The van der Waals surface area contributed by atoms with E-state index in [1.807, 2.05) is 6.92 Å². The van der Waals surface area contributed by atoms with Crippen molar-refractivity contribution in [1.82, 2.24) is 0 Å². The van der Waals surface area contributed by atoms with Crippen LogP contribution in [0.4, 0.5) is 10.1 Å². The van der Waals surface area contributed by atoms with Crippen LogP contribution in [0.3, 0.4) is 0 Å². The van der Waals surface area contributed by atoms with Gasteiger partial charge in [0.1, 0.15) is 17.3 Å². The zero-order valence-corrected chi connectivity index (χ0v) is 11.8. The van der Waals surface area contributed by atoms with Crippen molar-refractivity contribution in [2.24, 2.45) is 0 Å². The SMILES string of the molecule is COc1ccc(C(C)N(C)c2ccccc2F)c(O)c1. The number of anilines is 1. The van der Waals surface area contributed by atoms with Gasteiger partial charge in [0.2, 0.25) is 0 Å². The lowest BCUT2D eigenvalue weighted by molar-refractivity contribution is 0.405. The summed E-state index contributed by atoms with van der Waals surface area (Å²) >= 11 is 0. The summed E-state index contributed by atoms with van der Waals surface area (Å²) in [6, 6.07) is 11.5. The average molecular weight is 275 g/mol. The number of para-hydroxylation sites is 1. The van der Waals surface area contributed by atoms with Gasteiger partial charge in [-0.25, -0.2) is 4.39 Å². The first-order valence-corrected chi connectivity index (χ1v) is 6.39. The monoisotopic (exact) mass is 275 g/mol. The molecule has 2 rings (SSSR count). The lowest BCUT2D eigenvalue weighted by Crippen LogP contribution is -2.22. The highest BCUT2D eigenvalue weighted by atomic mass is 19.1. The molecule has 0 spiro atoms. The van der Waals surface area contributed by atoms with Gasteiger partial charge in [-0.3, -0.25) is 0 Å². The minimum atomic E-state index is -0.283. The zero-order chi connectivity index (χ0) is 14.7. The van der Waals surface area contributed by atoms with E-state index in [1.165, 1.54) is 6.07 Å². The fourth-order valence-corrected chi connectivity index (χ4v) is 2.16. The minimum Gasteiger partial charge on any atom is -0.507 e. The molecule has 0 saturated heterocycles. The first-order chi connectivity index (χ1) is 9.54. The van der Waals surface area contributed by atoms with Gasteiger partial charge in [-0.05, 0) is 31.2 Å². The van der Waals surface area contributed by atoms with Crippen LogP contribution in [0.1, 0.15) is 18.5 Å². The Morgan fingerprint density at radius 3 is 2.50 bits per heavy atom. The summed E-state index contributed by atoms with van der Waals surface area (Å²) < 4.78 is 18.9. The Morgan fingerprint density at radius 1 is 1.20 bits per heavy atom. The van der Waals surface area contributed by atoms with Crippen LogP contribution in [0.2, 0.25) is 0 Å². The number of hydrogen-bond acceptors (Lipinski definition) is 3. The smallest absolute Gasteiger partial charge is 0.146 e. The molecule has 1 atom stereocenters. The van der Waals surface area contributed by atoms with Gasteiger partial charge in [0.05, 0.1) is 18.8 Å². The van der Waals surface area contributed by atoms with Crippen molar-refractivity contribution in [3.8, 4) is 11.5 Å². The molecule has 0 saturated carbocycles. The number of benzene rings is 2. The molecule has 2 aromatic rings. The van der Waals surface area contributed by atoms with Gasteiger partial charge in [0.15, 0.2) is 0 Å². The highest BCUT2D eigenvalue weighted by Crippen LogP contribution is 2.33. The molecule has 0 aliphatic rings. The van der Waals surface area contributed by atoms with Crippen LogP contribution in [0, 0.1) is 5.82 Å². The fraction of sp³-hybridized carbons (Fsp3) is 0.250. The number of rotatable bonds is 4. The van der Waals surface area contributed by atoms with Crippen LogP contribution < -0.4 is 9.64 Å². The minimum absolute atomic E-state index is 0.139. The second kappa shape index (κ2) is 5.82. The van der Waals surface area contributed by atoms with E-state index < -0.39 is 0 Å². The van der Waals surface area contributed by atoms with Crippen LogP contribution >= 0.6 is 0 Å². The molecule has 0 heterocycles. The summed E-state index contributed by atoms with van der Waals surface area (Å²) in [4.78, 5) is 1.79. The number of phenols is 1. The Labute approximate surface area is 118 Å². The molecule has 0 aromatic heterocycles. The lowest BCUT2D eigenvalue weighted by Gasteiger charge is -2.28. The molecule has 0 amide bonds. The standard InChI is InChI=1S/C16H18FNO2/c1-11(13-9-8-12(20-3)10-16(13)19)18(2)15-7-5-4-6-14(15)17/h4-11,19H,1-3H3. The predicted octanol–water partition coefficient (Wildman–Crippen LogP) is 3.74. The van der Waals surface area contributed by atoms with E-state index in [9.17, 15) is 9.50 Å². The molecule has 0 bridgehead atoms.